The molecule has 0 aliphatic heterocycles. The Hall–Kier alpha value is -1.51. The van der Waals surface area contributed by atoms with Crippen LogP contribution in [0.4, 0.5) is 4.39 Å². The van der Waals surface area contributed by atoms with Gasteiger partial charge in [-0.15, -0.1) is 0 Å². The maximum atomic E-state index is 13.5. The number of nitrogens with one attached hydrogen (secondary N) is 1. The van der Waals surface area contributed by atoms with E-state index in [9.17, 15) is 4.39 Å². The van der Waals surface area contributed by atoms with Crippen molar-refractivity contribution in [3.63, 3.8) is 0 Å². The fourth-order valence-corrected chi connectivity index (χ4v) is 1.27. The van der Waals surface area contributed by atoms with Crippen LogP contribution < -0.4 is 0 Å². The zero-order valence-electron chi connectivity index (χ0n) is 9.05. The van der Waals surface area contributed by atoms with Crippen LogP contribution in [-0.4, -0.2) is 12.6 Å². The summed E-state index contributed by atoms with van der Waals surface area (Å²) in [5, 5.41) is 7.35. The van der Waals surface area contributed by atoms with Gasteiger partial charge in [-0.25, -0.2) is 9.38 Å². The molecular formula is C12H15FN2. The summed E-state index contributed by atoms with van der Waals surface area (Å²) < 4.78 is 13.5. The molecule has 1 rings (SSSR count). The zero-order chi connectivity index (χ0) is 11.5. The van der Waals surface area contributed by atoms with Gasteiger partial charge in [-0.2, -0.15) is 0 Å². The van der Waals surface area contributed by atoms with Crippen molar-refractivity contribution in [1.29, 1.82) is 5.41 Å². The highest BCUT2D eigenvalue weighted by atomic mass is 19.1. The molecule has 0 aliphatic carbocycles. The van der Waals surface area contributed by atoms with Crippen LogP contribution in [-0.2, 0) is 12.1 Å². The molecule has 0 amide bonds. The summed E-state index contributed by atoms with van der Waals surface area (Å²) in [6.07, 6.45) is 0.441. The normalized spacial score (nSPS) is 11.1. The summed E-state index contributed by atoms with van der Waals surface area (Å²) >= 11 is 0. The Bertz CT molecular complexity index is 360. The van der Waals surface area contributed by atoms with Crippen molar-refractivity contribution in [3.05, 3.63) is 35.4 Å². The van der Waals surface area contributed by atoms with E-state index < -0.39 is 5.67 Å². The molecule has 0 unspecified atom stereocenters. The van der Waals surface area contributed by atoms with E-state index in [1.807, 2.05) is 12.1 Å². The van der Waals surface area contributed by atoms with Crippen LogP contribution in [0.15, 0.2) is 29.3 Å². The number of halogens is 1. The third-order valence-corrected chi connectivity index (χ3v) is 2.20. The Kier molecular flexibility index (Phi) is 3.35. The summed E-state index contributed by atoms with van der Waals surface area (Å²) in [6.45, 7) is 6.33. The molecule has 0 fully saturated rings. The molecule has 1 aromatic carbocycles. The maximum absolute atomic E-state index is 13.5. The molecule has 0 heterocycles. The van der Waals surface area contributed by atoms with Gasteiger partial charge in [-0.3, -0.25) is 5.41 Å². The number of benzene rings is 1. The lowest BCUT2D eigenvalue weighted by molar-refractivity contribution is 0.221. The molecule has 0 spiro atoms. The Morgan fingerprint density at radius 1 is 1.40 bits per heavy atom. The van der Waals surface area contributed by atoms with Gasteiger partial charge in [-0.05, 0) is 31.7 Å². The average molecular weight is 206 g/mol. The molecule has 0 aromatic heterocycles. The van der Waals surface area contributed by atoms with Crippen LogP contribution in [0, 0.1) is 5.41 Å². The molecule has 0 atom stereocenters. The van der Waals surface area contributed by atoms with Gasteiger partial charge in [-0.1, -0.05) is 24.3 Å². The third kappa shape index (κ3) is 3.27. The van der Waals surface area contributed by atoms with Crippen molar-refractivity contribution in [2.24, 2.45) is 4.99 Å². The summed E-state index contributed by atoms with van der Waals surface area (Å²) in [6, 6.07) is 7.12. The Morgan fingerprint density at radius 3 is 2.33 bits per heavy atom. The molecule has 0 radical (unpaired) electrons. The zero-order valence-corrected chi connectivity index (χ0v) is 9.05. The van der Waals surface area contributed by atoms with Crippen LogP contribution in [0.1, 0.15) is 25.0 Å². The molecule has 1 N–H and O–H groups in total. The first-order valence-corrected chi connectivity index (χ1v) is 4.76. The number of amidine groups is 1. The molecule has 0 bridgehead atoms. The van der Waals surface area contributed by atoms with Crippen LogP contribution in [0.3, 0.4) is 0 Å². The fraction of sp³-hybridized carbons (Fsp3) is 0.333. The predicted molar refractivity (Wildman–Crippen MR) is 61.6 cm³/mol. The van der Waals surface area contributed by atoms with Gasteiger partial charge in [0.25, 0.3) is 0 Å². The van der Waals surface area contributed by atoms with Crippen molar-refractivity contribution in [2.45, 2.75) is 25.9 Å². The van der Waals surface area contributed by atoms with E-state index in [4.69, 9.17) is 5.41 Å². The molecule has 0 aliphatic rings. The highest BCUT2D eigenvalue weighted by Gasteiger charge is 2.17. The first kappa shape index (κ1) is 11.6. The van der Waals surface area contributed by atoms with Crippen molar-refractivity contribution in [3.8, 4) is 0 Å². The van der Waals surface area contributed by atoms with Gasteiger partial charge in [0, 0.05) is 6.42 Å². The second-order valence-corrected chi connectivity index (χ2v) is 3.95. The average Bonchev–Trinajstić information content (AvgIpc) is 2.17. The lowest BCUT2D eigenvalue weighted by Crippen LogP contribution is -2.09. The monoisotopic (exact) mass is 206 g/mol. The molecule has 0 saturated heterocycles. The summed E-state index contributed by atoms with van der Waals surface area (Å²) in [7, 11) is 0. The minimum atomic E-state index is -1.32. The summed E-state index contributed by atoms with van der Waals surface area (Å²) in [5.41, 5.74) is 0.271. The van der Waals surface area contributed by atoms with Crippen molar-refractivity contribution in [1.82, 2.24) is 0 Å². The van der Waals surface area contributed by atoms with E-state index >= 15 is 0 Å². The second kappa shape index (κ2) is 4.34. The predicted octanol–water partition coefficient (Wildman–Crippen LogP) is 3.11. The quantitative estimate of drug-likeness (QED) is 0.582. The van der Waals surface area contributed by atoms with Gasteiger partial charge in [0.1, 0.15) is 11.5 Å². The van der Waals surface area contributed by atoms with Crippen molar-refractivity contribution < 1.29 is 4.39 Å². The SMILES string of the molecule is C=NC(=N)Cc1ccc(C(C)(C)F)cc1. The smallest absolute Gasteiger partial charge is 0.130 e. The summed E-state index contributed by atoms with van der Waals surface area (Å²) in [4.78, 5) is 3.51. The lowest BCUT2D eigenvalue weighted by Gasteiger charge is -2.14. The highest BCUT2D eigenvalue weighted by Crippen LogP contribution is 2.24. The number of nitrogens with zero attached hydrogens (tertiary/aromatic N) is 1. The topological polar surface area (TPSA) is 36.2 Å². The first-order valence-electron chi connectivity index (χ1n) is 4.76. The van der Waals surface area contributed by atoms with Crippen LogP contribution in [0.5, 0.6) is 0 Å². The molecule has 80 valence electrons. The number of rotatable bonds is 3. The molecule has 2 nitrogen and oxygen atoms in total. The van der Waals surface area contributed by atoms with Gasteiger partial charge < -0.3 is 0 Å². The Labute approximate surface area is 89.4 Å². The van der Waals surface area contributed by atoms with E-state index in [0.29, 0.717) is 12.0 Å². The van der Waals surface area contributed by atoms with Crippen LogP contribution in [0.25, 0.3) is 0 Å². The summed E-state index contributed by atoms with van der Waals surface area (Å²) in [5.74, 6) is 0.224. The first-order chi connectivity index (χ1) is 6.93. The molecule has 1 aromatic rings. The lowest BCUT2D eigenvalue weighted by atomic mass is 9.98. The molecule has 3 heteroatoms. The van der Waals surface area contributed by atoms with Crippen LogP contribution in [0.2, 0.25) is 0 Å². The van der Waals surface area contributed by atoms with E-state index in [1.165, 1.54) is 13.8 Å². The molecule has 15 heavy (non-hydrogen) atoms. The number of aliphatic imine (C=N–C) groups is 1. The van der Waals surface area contributed by atoms with E-state index in [0.717, 1.165) is 5.56 Å². The highest BCUT2D eigenvalue weighted by molar-refractivity contribution is 5.85. The van der Waals surface area contributed by atoms with Crippen LogP contribution >= 0.6 is 0 Å². The Morgan fingerprint density at radius 2 is 1.93 bits per heavy atom. The maximum Gasteiger partial charge on any atom is 0.130 e. The fourth-order valence-electron chi connectivity index (χ4n) is 1.27. The van der Waals surface area contributed by atoms with E-state index in [-0.39, 0.29) is 5.84 Å². The number of hydrogen-bond acceptors (Lipinski definition) is 1. The number of alkyl halides is 1. The molecule has 0 saturated carbocycles. The van der Waals surface area contributed by atoms with Crippen molar-refractivity contribution >= 4 is 12.6 Å². The number of hydrogen-bond donors (Lipinski definition) is 1. The van der Waals surface area contributed by atoms with Gasteiger partial charge in [0.2, 0.25) is 0 Å². The van der Waals surface area contributed by atoms with E-state index in [1.54, 1.807) is 12.1 Å². The van der Waals surface area contributed by atoms with Gasteiger partial charge in [0.05, 0.1) is 0 Å². The van der Waals surface area contributed by atoms with Crippen molar-refractivity contribution in [2.75, 3.05) is 0 Å². The Balaban J connectivity index is 2.81. The minimum absolute atomic E-state index is 0.224. The standard InChI is InChI=1S/C12H15FN2/c1-12(2,13)10-6-4-9(5-7-10)8-11(14)15-3/h4-7,14H,3,8H2,1-2H3. The largest absolute Gasteiger partial charge is 0.286 e. The van der Waals surface area contributed by atoms with Gasteiger partial charge >= 0.3 is 0 Å². The van der Waals surface area contributed by atoms with E-state index in [2.05, 4.69) is 11.7 Å². The molecular weight excluding hydrogens is 191 g/mol. The van der Waals surface area contributed by atoms with Gasteiger partial charge in [0.15, 0.2) is 0 Å². The minimum Gasteiger partial charge on any atom is -0.286 e. The third-order valence-electron chi connectivity index (χ3n) is 2.20. The second-order valence-electron chi connectivity index (χ2n) is 3.95.